The van der Waals surface area contributed by atoms with Crippen LogP contribution in [-0.4, -0.2) is 65.1 Å². The number of halogens is 3. The third-order valence-electron chi connectivity index (χ3n) is 5.67. The van der Waals surface area contributed by atoms with Gasteiger partial charge in [-0.25, -0.2) is 0 Å². The lowest BCUT2D eigenvalue weighted by Crippen LogP contribution is -2.51. The summed E-state index contributed by atoms with van der Waals surface area (Å²) in [5, 5.41) is 18.7. The van der Waals surface area contributed by atoms with E-state index in [9.17, 15) is 18.3 Å². The zero-order valence-electron chi connectivity index (χ0n) is 16.3. The number of benzene rings is 1. The normalized spacial score (nSPS) is 22.7. The van der Waals surface area contributed by atoms with Crippen molar-refractivity contribution in [2.24, 2.45) is 0 Å². The number of hydrogen-bond acceptors (Lipinski definition) is 6. The number of anilines is 1. The highest BCUT2D eigenvalue weighted by molar-refractivity contribution is 5.71. The maximum atomic E-state index is 12.9. The molecule has 0 saturated carbocycles. The summed E-state index contributed by atoms with van der Waals surface area (Å²) in [6.45, 7) is 7.70. The SMILES string of the molecule is CCN1C[C@@H]2[C@@H](C1)OCCN2c1ccc(-c2c(C)cc(C(F)(F)F)cc2O)nn1. The average molecular weight is 408 g/mol. The van der Waals surface area contributed by atoms with Crippen LogP contribution in [0.2, 0.25) is 0 Å². The van der Waals surface area contributed by atoms with E-state index in [2.05, 4.69) is 26.9 Å². The zero-order chi connectivity index (χ0) is 20.8. The molecule has 2 aliphatic heterocycles. The molecule has 1 aromatic carbocycles. The number of phenolic OH excluding ortho intramolecular Hbond substituents is 1. The highest BCUT2D eigenvalue weighted by atomic mass is 19.4. The number of alkyl halides is 3. The van der Waals surface area contributed by atoms with Crippen LogP contribution in [0.25, 0.3) is 11.3 Å². The first kappa shape index (κ1) is 19.9. The van der Waals surface area contributed by atoms with Gasteiger partial charge in [-0.3, -0.25) is 4.90 Å². The molecule has 2 saturated heterocycles. The van der Waals surface area contributed by atoms with Gasteiger partial charge in [0.05, 0.1) is 30.0 Å². The number of fused-ring (bicyclic) bond motifs is 1. The predicted octanol–water partition coefficient (Wildman–Crippen LogP) is 3.09. The monoisotopic (exact) mass is 408 g/mol. The highest BCUT2D eigenvalue weighted by Crippen LogP contribution is 2.38. The Kier molecular flexibility index (Phi) is 5.12. The maximum absolute atomic E-state index is 12.9. The molecule has 0 aliphatic carbocycles. The Morgan fingerprint density at radius 2 is 2.00 bits per heavy atom. The van der Waals surface area contributed by atoms with Crippen LogP contribution in [0.4, 0.5) is 19.0 Å². The molecule has 1 N–H and O–H groups in total. The van der Waals surface area contributed by atoms with E-state index in [0.29, 0.717) is 30.2 Å². The molecular formula is C20H23F3N4O2. The number of likely N-dealkylation sites (N-methyl/N-ethyl adjacent to an activating group) is 1. The van der Waals surface area contributed by atoms with Crippen LogP contribution in [0.3, 0.4) is 0 Å². The Morgan fingerprint density at radius 1 is 1.21 bits per heavy atom. The number of rotatable bonds is 3. The van der Waals surface area contributed by atoms with Crippen LogP contribution < -0.4 is 4.90 Å². The molecule has 0 amide bonds. The number of nitrogens with zero attached hydrogens (tertiary/aromatic N) is 4. The molecule has 1 aromatic heterocycles. The molecule has 0 bridgehead atoms. The van der Waals surface area contributed by atoms with E-state index in [0.717, 1.165) is 31.8 Å². The van der Waals surface area contributed by atoms with Gasteiger partial charge in [0.15, 0.2) is 5.82 Å². The van der Waals surface area contributed by atoms with Crippen LogP contribution in [0.5, 0.6) is 5.75 Å². The molecule has 9 heteroatoms. The second kappa shape index (κ2) is 7.46. The van der Waals surface area contributed by atoms with E-state index >= 15 is 0 Å². The lowest BCUT2D eigenvalue weighted by atomic mass is 10.0. The van der Waals surface area contributed by atoms with Crippen molar-refractivity contribution in [1.29, 1.82) is 0 Å². The van der Waals surface area contributed by atoms with Gasteiger partial charge in [0.25, 0.3) is 0 Å². The fourth-order valence-electron chi connectivity index (χ4n) is 4.18. The first-order valence-electron chi connectivity index (χ1n) is 9.63. The van der Waals surface area contributed by atoms with Gasteiger partial charge >= 0.3 is 6.18 Å². The van der Waals surface area contributed by atoms with E-state index in [4.69, 9.17) is 4.74 Å². The predicted molar refractivity (Wildman–Crippen MR) is 102 cm³/mol. The van der Waals surface area contributed by atoms with Gasteiger partial charge in [-0.2, -0.15) is 13.2 Å². The van der Waals surface area contributed by atoms with E-state index in [-0.39, 0.29) is 17.7 Å². The van der Waals surface area contributed by atoms with Crippen LogP contribution in [0.1, 0.15) is 18.1 Å². The molecule has 2 aliphatic rings. The van der Waals surface area contributed by atoms with E-state index < -0.39 is 17.5 Å². The van der Waals surface area contributed by atoms with Crippen LogP contribution in [0, 0.1) is 6.92 Å². The second-order valence-electron chi connectivity index (χ2n) is 7.48. The van der Waals surface area contributed by atoms with E-state index in [1.807, 2.05) is 0 Å². The number of phenols is 1. The number of hydrogen-bond donors (Lipinski definition) is 1. The summed E-state index contributed by atoms with van der Waals surface area (Å²) in [4.78, 5) is 4.51. The number of aryl methyl sites for hydroxylation is 1. The summed E-state index contributed by atoms with van der Waals surface area (Å²) >= 11 is 0. The Balaban J connectivity index is 1.60. The van der Waals surface area contributed by atoms with Crippen molar-refractivity contribution < 1.29 is 23.0 Å². The number of likely N-dealkylation sites (tertiary alicyclic amines) is 1. The minimum absolute atomic E-state index is 0.131. The van der Waals surface area contributed by atoms with Crippen LogP contribution in [-0.2, 0) is 10.9 Å². The molecule has 0 spiro atoms. The van der Waals surface area contributed by atoms with Crippen molar-refractivity contribution in [1.82, 2.24) is 15.1 Å². The van der Waals surface area contributed by atoms with Crippen molar-refractivity contribution in [2.75, 3.05) is 37.7 Å². The smallest absolute Gasteiger partial charge is 0.416 e. The van der Waals surface area contributed by atoms with Crippen molar-refractivity contribution >= 4 is 5.82 Å². The van der Waals surface area contributed by atoms with Crippen LogP contribution >= 0.6 is 0 Å². The van der Waals surface area contributed by atoms with Gasteiger partial charge in [0, 0.05) is 25.2 Å². The summed E-state index contributed by atoms with van der Waals surface area (Å²) in [5.74, 6) is 0.245. The van der Waals surface area contributed by atoms with Gasteiger partial charge < -0.3 is 14.7 Å². The molecule has 6 nitrogen and oxygen atoms in total. The molecule has 0 unspecified atom stereocenters. The molecule has 2 atom stereocenters. The summed E-state index contributed by atoms with van der Waals surface area (Å²) in [6.07, 6.45) is -4.39. The topological polar surface area (TPSA) is 61.7 Å². The highest BCUT2D eigenvalue weighted by Gasteiger charge is 2.40. The van der Waals surface area contributed by atoms with Crippen molar-refractivity contribution in [2.45, 2.75) is 32.2 Å². The molecule has 0 radical (unpaired) electrons. The Hall–Kier alpha value is -2.39. The van der Waals surface area contributed by atoms with Gasteiger partial charge in [-0.15, -0.1) is 10.2 Å². The summed E-state index contributed by atoms with van der Waals surface area (Å²) in [5.41, 5.74) is 0.000843. The zero-order valence-corrected chi connectivity index (χ0v) is 16.3. The van der Waals surface area contributed by atoms with Crippen molar-refractivity contribution in [3.63, 3.8) is 0 Å². The third-order valence-corrected chi connectivity index (χ3v) is 5.67. The minimum atomic E-state index is -4.52. The van der Waals surface area contributed by atoms with Gasteiger partial charge in [0.2, 0.25) is 0 Å². The quantitative estimate of drug-likeness (QED) is 0.842. The van der Waals surface area contributed by atoms with Gasteiger partial charge in [0.1, 0.15) is 5.75 Å². The van der Waals surface area contributed by atoms with Gasteiger partial charge in [-0.05, 0) is 43.3 Å². The molecule has 29 heavy (non-hydrogen) atoms. The second-order valence-corrected chi connectivity index (χ2v) is 7.48. The first-order chi connectivity index (χ1) is 13.8. The lowest BCUT2D eigenvalue weighted by Gasteiger charge is -2.37. The molecule has 3 heterocycles. The molecule has 2 aromatic rings. The van der Waals surface area contributed by atoms with Crippen molar-refractivity contribution in [3.8, 4) is 17.0 Å². The minimum Gasteiger partial charge on any atom is -0.507 e. The van der Waals surface area contributed by atoms with Crippen LogP contribution in [0.15, 0.2) is 24.3 Å². The number of ether oxygens (including phenoxy) is 1. The fraction of sp³-hybridized carbons (Fsp3) is 0.500. The Bertz CT molecular complexity index is 865. The maximum Gasteiger partial charge on any atom is 0.416 e. The Labute approximate surface area is 166 Å². The van der Waals surface area contributed by atoms with Gasteiger partial charge in [-0.1, -0.05) is 6.92 Å². The fourth-order valence-corrected chi connectivity index (χ4v) is 4.18. The average Bonchev–Trinajstić information content (AvgIpc) is 3.11. The molecule has 4 rings (SSSR count). The number of aromatic nitrogens is 2. The van der Waals surface area contributed by atoms with Crippen molar-refractivity contribution in [3.05, 3.63) is 35.4 Å². The molecular weight excluding hydrogens is 385 g/mol. The summed E-state index contributed by atoms with van der Waals surface area (Å²) in [7, 11) is 0. The summed E-state index contributed by atoms with van der Waals surface area (Å²) in [6, 6.07) is 5.42. The number of aromatic hydroxyl groups is 1. The largest absolute Gasteiger partial charge is 0.507 e. The third kappa shape index (κ3) is 3.76. The molecule has 2 fully saturated rings. The lowest BCUT2D eigenvalue weighted by molar-refractivity contribution is -0.137. The first-order valence-corrected chi connectivity index (χ1v) is 9.63. The van der Waals surface area contributed by atoms with E-state index in [1.54, 1.807) is 12.1 Å². The number of morpholine rings is 1. The summed E-state index contributed by atoms with van der Waals surface area (Å²) < 4.78 is 44.7. The standard InChI is InChI=1S/C20H23F3N4O2/c1-3-26-10-15-17(11-26)29-7-6-27(15)18-5-4-14(24-25-18)19-12(2)8-13(9-16(19)28)20(21,22)23/h4-5,8-9,15,17,28H,3,6-7,10-11H2,1-2H3/t15-,17-/m1/s1. The Morgan fingerprint density at radius 3 is 2.62 bits per heavy atom. The van der Waals surface area contributed by atoms with E-state index in [1.165, 1.54) is 6.92 Å². The molecule has 156 valence electrons.